The number of urea groups is 1. The number of anilines is 1. The number of amides is 3. The van der Waals surface area contributed by atoms with E-state index in [-0.39, 0.29) is 24.1 Å². The van der Waals surface area contributed by atoms with Crippen LogP contribution >= 0.6 is 0 Å². The first-order valence-electron chi connectivity index (χ1n) is 16.4. The van der Waals surface area contributed by atoms with E-state index < -0.39 is 6.04 Å². The van der Waals surface area contributed by atoms with Gasteiger partial charge in [-0.3, -0.25) is 4.79 Å². The fourth-order valence-electron chi connectivity index (χ4n) is 6.15. The number of hydrogen-bond donors (Lipinski definition) is 2. The van der Waals surface area contributed by atoms with E-state index in [0.717, 1.165) is 75.2 Å². The number of aliphatic hydroxyl groups is 1. The fourth-order valence-corrected chi connectivity index (χ4v) is 6.15. The van der Waals surface area contributed by atoms with Gasteiger partial charge in [-0.2, -0.15) is 0 Å². The van der Waals surface area contributed by atoms with Crippen molar-refractivity contribution in [2.45, 2.75) is 96.9 Å². The quantitative estimate of drug-likeness (QED) is 0.324. The monoisotopic (exact) mass is 592 g/mol. The van der Waals surface area contributed by atoms with Gasteiger partial charge in [0.2, 0.25) is 5.91 Å². The van der Waals surface area contributed by atoms with Crippen LogP contribution in [0.15, 0.2) is 54.6 Å². The average molecular weight is 593 g/mol. The van der Waals surface area contributed by atoms with Crippen LogP contribution in [0.3, 0.4) is 0 Å². The molecule has 0 bridgehead atoms. The highest BCUT2D eigenvalue weighted by Crippen LogP contribution is 2.27. The minimum Gasteiger partial charge on any atom is -0.489 e. The van der Waals surface area contributed by atoms with Crippen LogP contribution in [-0.2, 0) is 11.4 Å². The van der Waals surface area contributed by atoms with E-state index in [1.165, 1.54) is 0 Å². The van der Waals surface area contributed by atoms with Crippen LogP contribution in [0.25, 0.3) is 0 Å². The first kappa shape index (κ1) is 32.6. The largest absolute Gasteiger partial charge is 0.489 e. The summed E-state index contributed by atoms with van der Waals surface area (Å²) in [6, 6.07) is 18.0. The third-order valence-corrected chi connectivity index (χ3v) is 8.62. The van der Waals surface area contributed by atoms with E-state index in [2.05, 4.69) is 48.3 Å². The van der Waals surface area contributed by atoms with Gasteiger partial charge >= 0.3 is 6.03 Å². The fraction of sp³-hybridized carbons (Fsp3) is 0.600. The summed E-state index contributed by atoms with van der Waals surface area (Å²) in [7, 11) is 0. The molecule has 3 amide bonds. The summed E-state index contributed by atoms with van der Waals surface area (Å²) in [5, 5.41) is 13.2. The van der Waals surface area contributed by atoms with E-state index in [0.29, 0.717) is 38.5 Å². The molecule has 2 atom stereocenters. The molecule has 236 valence electrons. The van der Waals surface area contributed by atoms with Crippen molar-refractivity contribution in [2.75, 3.05) is 37.6 Å². The maximum Gasteiger partial charge on any atom is 0.318 e. The van der Waals surface area contributed by atoms with Gasteiger partial charge in [-0.05, 0) is 81.2 Å². The molecule has 2 N–H and O–H groups in total. The van der Waals surface area contributed by atoms with Crippen LogP contribution in [0.2, 0.25) is 0 Å². The first-order chi connectivity index (χ1) is 20.8. The number of aliphatic hydroxyl groups excluding tert-OH is 1. The van der Waals surface area contributed by atoms with Crippen LogP contribution in [-0.4, -0.2) is 77.8 Å². The van der Waals surface area contributed by atoms with Gasteiger partial charge in [0, 0.05) is 44.5 Å². The van der Waals surface area contributed by atoms with Gasteiger partial charge in [0.05, 0.1) is 6.10 Å². The molecule has 4 rings (SSSR count). The van der Waals surface area contributed by atoms with Gasteiger partial charge in [-0.25, -0.2) is 4.79 Å². The van der Waals surface area contributed by atoms with Crippen molar-refractivity contribution in [1.82, 2.24) is 15.1 Å². The molecule has 0 saturated carbocycles. The minimum atomic E-state index is -0.498. The minimum absolute atomic E-state index is 0.0331. The van der Waals surface area contributed by atoms with Gasteiger partial charge in [0.15, 0.2) is 0 Å². The average Bonchev–Trinajstić information content (AvgIpc) is 3.30. The van der Waals surface area contributed by atoms with Crippen LogP contribution in [0, 0.1) is 5.92 Å². The number of carbonyl (C=O) groups excluding carboxylic acids is 2. The third-order valence-electron chi connectivity index (χ3n) is 8.62. The Labute approximate surface area is 258 Å². The van der Waals surface area contributed by atoms with Crippen molar-refractivity contribution >= 4 is 17.6 Å². The third kappa shape index (κ3) is 10.2. The molecule has 8 heteroatoms. The predicted octanol–water partition coefficient (Wildman–Crippen LogP) is 5.83. The number of benzene rings is 2. The summed E-state index contributed by atoms with van der Waals surface area (Å²) in [5.41, 5.74) is 2.23. The molecule has 2 aromatic carbocycles. The molecule has 43 heavy (non-hydrogen) atoms. The second kappa shape index (κ2) is 16.6. The summed E-state index contributed by atoms with van der Waals surface area (Å²) in [6.45, 7) is 10.1. The molecule has 2 saturated heterocycles. The van der Waals surface area contributed by atoms with Gasteiger partial charge in [0.1, 0.15) is 18.4 Å². The maximum absolute atomic E-state index is 13.7. The zero-order valence-electron chi connectivity index (χ0n) is 26.4. The second-order valence-electron chi connectivity index (χ2n) is 12.7. The summed E-state index contributed by atoms with van der Waals surface area (Å²) in [5.74, 6) is 1.15. The Bertz CT molecular complexity index is 1110. The van der Waals surface area contributed by atoms with Gasteiger partial charge in [0.25, 0.3) is 0 Å². The highest BCUT2D eigenvalue weighted by atomic mass is 16.5. The van der Waals surface area contributed by atoms with Crippen molar-refractivity contribution in [1.29, 1.82) is 0 Å². The van der Waals surface area contributed by atoms with Crippen LogP contribution < -0.4 is 15.0 Å². The Morgan fingerprint density at radius 3 is 2.16 bits per heavy atom. The van der Waals surface area contributed by atoms with E-state index in [9.17, 15) is 14.7 Å². The second-order valence-corrected chi connectivity index (χ2v) is 12.7. The first-order valence-corrected chi connectivity index (χ1v) is 16.4. The van der Waals surface area contributed by atoms with E-state index in [4.69, 9.17) is 4.74 Å². The van der Waals surface area contributed by atoms with Gasteiger partial charge < -0.3 is 29.9 Å². The molecule has 0 radical (unpaired) electrons. The molecular formula is C35H52N4O4. The standard InChI is InChI=1S/C35H52N4O4/c1-27(2)25-33(36-35(42)38-20-9-4-5-10-21-38)34(41)37-22-18-31(19-23-37)39(24-17-28(3)40)30-13-15-32(16-14-30)43-26-29-11-7-6-8-12-29/h6-8,11-16,27-28,31,33,40H,4-5,9-10,17-26H2,1-3H3,(H,36,42)/t28?,33-/m0/s1. The van der Waals surface area contributed by atoms with Crippen molar-refractivity contribution in [2.24, 2.45) is 5.92 Å². The Kier molecular flexibility index (Phi) is 12.6. The summed E-state index contributed by atoms with van der Waals surface area (Å²) in [4.78, 5) is 33.0. The SMILES string of the molecule is CC(C)C[C@H](NC(=O)N1CCCCCC1)C(=O)N1CCC(N(CCC(C)O)c2ccc(OCc3ccccc3)cc2)CC1. The molecule has 2 aliphatic rings. The zero-order valence-corrected chi connectivity index (χ0v) is 26.4. The summed E-state index contributed by atoms with van der Waals surface area (Å²) < 4.78 is 6.00. The lowest BCUT2D eigenvalue weighted by molar-refractivity contribution is -0.134. The molecule has 0 aromatic heterocycles. The number of carbonyl (C=O) groups is 2. The number of hydrogen-bond acceptors (Lipinski definition) is 5. The number of ether oxygens (including phenoxy) is 1. The Balaban J connectivity index is 1.36. The van der Waals surface area contributed by atoms with Crippen LogP contribution in [0.1, 0.15) is 77.7 Å². The van der Waals surface area contributed by atoms with E-state index >= 15 is 0 Å². The smallest absolute Gasteiger partial charge is 0.318 e. The lowest BCUT2D eigenvalue weighted by Crippen LogP contribution is -2.55. The Hall–Kier alpha value is -3.26. The molecule has 2 fully saturated rings. The number of piperidine rings is 1. The zero-order chi connectivity index (χ0) is 30.6. The lowest BCUT2D eigenvalue weighted by atomic mass is 9.98. The number of likely N-dealkylation sites (tertiary alicyclic amines) is 2. The molecule has 0 aliphatic carbocycles. The van der Waals surface area contributed by atoms with Gasteiger partial charge in [-0.15, -0.1) is 0 Å². The van der Waals surface area contributed by atoms with Crippen molar-refractivity contribution < 1.29 is 19.4 Å². The van der Waals surface area contributed by atoms with E-state index in [1.54, 1.807) is 0 Å². The molecule has 1 unspecified atom stereocenters. The van der Waals surface area contributed by atoms with E-state index in [1.807, 2.05) is 47.1 Å². The molecule has 8 nitrogen and oxygen atoms in total. The molecule has 2 heterocycles. The number of nitrogens with one attached hydrogen (secondary N) is 1. The molecule has 2 aromatic rings. The number of rotatable bonds is 12. The topological polar surface area (TPSA) is 85.4 Å². The Morgan fingerprint density at radius 2 is 1.56 bits per heavy atom. The normalized spacial score (nSPS) is 17.7. The van der Waals surface area contributed by atoms with Crippen molar-refractivity contribution in [3.63, 3.8) is 0 Å². The summed E-state index contributed by atoms with van der Waals surface area (Å²) >= 11 is 0. The Morgan fingerprint density at radius 1 is 0.907 bits per heavy atom. The number of nitrogens with zero attached hydrogens (tertiary/aromatic N) is 3. The highest BCUT2D eigenvalue weighted by Gasteiger charge is 2.32. The molecule has 0 spiro atoms. The molecular weight excluding hydrogens is 540 g/mol. The highest BCUT2D eigenvalue weighted by molar-refractivity contribution is 5.87. The predicted molar refractivity (Wildman–Crippen MR) is 172 cm³/mol. The molecule has 2 aliphatic heterocycles. The summed E-state index contributed by atoms with van der Waals surface area (Å²) in [6.07, 6.45) is 6.97. The van der Waals surface area contributed by atoms with Crippen LogP contribution in [0.5, 0.6) is 5.75 Å². The van der Waals surface area contributed by atoms with Crippen molar-refractivity contribution in [3.8, 4) is 5.75 Å². The maximum atomic E-state index is 13.7. The van der Waals surface area contributed by atoms with Crippen LogP contribution in [0.4, 0.5) is 10.5 Å². The van der Waals surface area contributed by atoms with Crippen molar-refractivity contribution in [3.05, 3.63) is 60.2 Å². The lowest BCUT2D eigenvalue weighted by Gasteiger charge is -2.41. The van der Waals surface area contributed by atoms with Gasteiger partial charge in [-0.1, -0.05) is 57.0 Å².